The van der Waals surface area contributed by atoms with Gasteiger partial charge in [-0.15, -0.1) is 0 Å². The molecule has 1 aliphatic rings. The van der Waals surface area contributed by atoms with Crippen LogP contribution < -0.4 is 4.31 Å². The van der Waals surface area contributed by atoms with Crippen molar-refractivity contribution in [2.75, 3.05) is 10.8 Å². The standard InChI is InChI=1S/C22H24N4O4S/c1-14-22(15(2)25(3)24-14)31(29,30)26-13-18(7-9-21(27)28)19-11-16(6-8-20(19)26)17-5-4-10-23-12-17/h4-6,8,10-12,18H,7,9,13H2,1-3H3,(H,27,28). The van der Waals surface area contributed by atoms with Crippen LogP contribution in [0.2, 0.25) is 0 Å². The van der Waals surface area contributed by atoms with Crippen molar-refractivity contribution in [2.45, 2.75) is 37.5 Å². The van der Waals surface area contributed by atoms with Crippen LogP contribution in [-0.4, -0.2) is 40.8 Å². The smallest absolute Gasteiger partial charge is 0.303 e. The van der Waals surface area contributed by atoms with E-state index in [9.17, 15) is 18.3 Å². The van der Waals surface area contributed by atoms with Crippen LogP contribution in [0.25, 0.3) is 11.1 Å². The molecule has 162 valence electrons. The van der Waals surface area contributed by atoms with E-state index in [4.69, 9.17) is 0 Å². The minimum absolute atomic E-state index is 0.0277. The molecule has 3 heterocycles. The Bertz CT molecular complexity index is 1250. The summed E-state index contributed by atoms with van der Waals surface area (Å²) in [5.41, 5.74) is 4.28. The molecule has 1 aromatic carbocycles. The summed E-state index contributed by atoms with van der Waals surface area (Å²) >= 11 is 0. The molecule has 0 fully saturated rings. The van der Waals surface area contributed by atoms with E-state index in [0.717, 1.165) is 16.7 Å². The molecule has 31 heavy (non-hydrogen) atoms. The van der Waals surface area contributed by atoms with Gasteiger partial charge in [-0.1, -0.05) is 12.1 Å². The summed E-state index contributed by atoms with van der Waals surface area (Å²) in [6.45, 7) is 3.62. The average Bonchev–Trinajstić information content (AvgIpc) is 3.23. The van der Waals surface area contributed by atoms with Crippen LogP contribution in [0.15, 0.2) is 47.6 Å². The molecule has 0 aliphatic carbocycles. The molecule has 1 atom stereocenters. The Labute approximate surface area is 181 Å². The highest BCUT2D eigenvalue weighted by Gasteiger charge is 2.39. The summed E-state index contributed by atoms with van der Waals surface area (Å²) in [4.78, 5) is 15.6. The van der Waals surface area contributed by atoms with Gasteiger partial charge in [0, 0.05) is 38.3 Å². The number of anilines is 1. The van der Waals surface area contributed by atoms with E-state index in [2.05, 4.69) is 10.1 Å². The molecule has 1 aliphatic heterocycles. The van der Waals surface area contributed by atoms with E-state index in [1.807, 2.05) is 24.3 Å². The van der Waals surface area contributed by atoms with Gasteiger partial charge in [-0.25, -0.2) is 8.42 Å². The molecule has 0 saturated carbocycles. The van der Waals surface area contributed by atoms with Crippen molar-refractivity contribution in [3.05, 3.63) is 59.7 Å². The van der Waals surface area contributed by atoms with Crippen LogP contribution in [0.5, 0.6) is 0 Å². The number of fused-ring (bicyclic) bond motifs is 1. The second kappa shape index (κ2) is 7.81. The lowest BCUT2D eigenvalue weighted by Gasteiger charge is -2.20. The van der Waals surface area contributed by atoms with Gasteiger partial charge < -0.3 is 5.11 Å². The quantitative estimate of drug-likeness (QED) is 0.631. The van der Waals surface area contributed by atoms with Gasteiger partial charge in [0.15, 0.2) is 0 Å². The van der Waals surface area contributed by atoms with Crippen LogP contribution in [0.1, 0.15) is 35.7 Å². The SMILES string of the molecule is Cc1nn(C)c(C)c1S(=O)(=O)N1CC(CCC(=O)O)c2cc(-c3cccnc3)ccc21. The van der Waals surface area contributed by atoms with Crippen LogP contribution in [0, 0.1) is 13.8 Å². The van der Waals surface area contributed by atoms with E-state index in [0.29, 0.717) is 23.5 Å². The second-order valence-electron chi connectivity index (χ2n) is 7.80. The Morgan fingerprint density at radius 2 is 2.00 bits per heavy atom. The monoisotopic (exact) mass is 440 g/mol. The number of pyridine rings is 1. The lowest BCUT2D eigenvalue weighted by atomic mass is 9.93. The predicted octanol–water partition coefficient (Wildman–Crippen LogP) is 3.26. The van der Waals surface area contributed by atoms with Crippen molar-refractivity contribution in [1.29, 1.82) is 0 Å². The fraction of sp³-hybridized carbons (Fsp3) is 0.318. The summed E-state index contributed by atoms with van der Waals surface area (Å²) in [5.74, 6) is -1.11. The lowest BCUT2D eigenvalue weighted by molar-refractivity contribution is -0.137. The number of rotatable bonds is 6. The molecular weight excluding hydrogens is 416 g/mol. The largest absolute Gasteiger partial charge is 0.481 e. The highest BCUT2D eigenvalue weighted by molar-refractivity contribution is 7.93. The topological polar surface area (TPSA) is 105 Å². The Balaban J connectivity index is 1.81. The Morgan fingerprint density at radius 3 is 2.61 bits per heavy atom. The third kappa shape index (κ3) is 3.69. The number of benzene rings is 1. The molecule has 0 radical (unpaired) electrons. The average molecular weight is 441 g/mol. The van der Waals surface area contributed by atoms with Gasteiger partial charge in [-0.05, 0) is 55.2 Å². The van der Waals surface area contributed by atoms with E-state index in [-0.39, 0.29) is 23.8 Å². The van der Waals surface area contributed by atoms with Gasteiger partial charge in [0.25, 0.3) is 10.0 Å². The number of sulfonamides is 1. The number of carboxylic acid groups (broad SMARTS) is 1. The highest BCUT2D eigenvalue weighted by atomic mass is 32.2. The number of aromatic nitrogens is 3. The lowest BCUT2D eigenvalue weighted by Crippen LogP contribution is -2.31. The van der Waals surface area contributed by atoms with Crippen molar-refractivity contribution in [1.82, 2.24) is 14.8 Å². The maximum absolute atomic E-state index is 13.6. The molecule has 0 bridgehead atoms. The summed E-state index contributed by atoms with van der Waals surface area (Å²) in [7, 11) is -2.13. The number of nitrogens with zero attached hydrogens (tertiary/aromatic N) is 4. The fourth-order valence-corrected chi connectivity index (χ4v) is 6.17. The van der Waals surface area contributed by atoms with Gasteiger partial charge >= 0.3 is 5.97 Å². The number of aryl methyl sites for hydroxylation is 2. The summed E-state index contributed by atoms with van der Waals surface area (Å²) in [6, 6.07) is 9.41. The maximum atomic E-state index is 13.6. The van der Waals surface area contributed by atoms with Crippen LogP contribution in [0.4, 0.5) is 5.69 Å². The molecule has 3 aromatic rings. The van der Waals surface area contributed by atoms with Crippen molar-refractivity contribution in [3.63, 3.8) is 0 Å². The van der Waals surface area contributed by atoms with Crippen molar-refractivity contribution < 1.29 is 18.3 Å². The van der Waals surface area contributed by atoms with E-state index < -0.39 is 16.0 Å². The molecule has 1 N–H and O–H groups in total. The van der Waals surface area contributed by atoms with E-state index in [1.165, 1.54) is 4.31 Å². The zero-order chi connectivity index (χ0) is 22.3. The first-order valence-electron chi connectivity index (χ1n) is 9.99. The maximum Gasteiger partial charge on any atom is 0.303 e. The Hall–Kier alpha value is -3.20. The number of carboxylic acids is 1. The molecular formula is C22H24N4O4S. The first-order chi connectivity index (χ1) is 14.7. The predicted molar refractivity (Wildman–Crippen MR) is 116 cm³/mol. The van der Waals surface area contributed by atoms with Gasteiger partial charge in [0.05, 0.1) is 17.1 Å². The van der Waals surface area contributed by atoms with Gasteiger partial charge in [0.2, 0.25) is 0 Å². The summed E-state index contributed by atoms with van der Waals surface area (Å²) in [6.07, 6.45) is 3.77. The van der Waals surface area contributed by atoms with Crippen molar-refractivity contribution in [2.24, 2.45) is 7.05 Å². The zero-order valence-electron chi connectivity index (χ0n) is 17.6. The summed E-state index contributed by atoms with van der Waals surface area (Å²) in [5, 5.41) is 13.4. The van der Waals surface area contributed by atoms with Gasteiger partial charge in [0.1, 0.15) is 4.90 Å². The third-order valence-corrected chi connectivity index (χ3v) is 7.85. The fourth-order valence-electron chi connectivity index (χ4n) is 4.23. The van der Waals surface area contributed by atoms with Crippen LogP contribution >= 0.6 is 0 Å². The molecule has 1 unspecified atom stereocenters. The van der Waals surface area contributed by atoms with Crippen molar-refractivity contribution >= 4 is 21.7 Å². The minimum atomic E-state index is -3.85. The number of aliphatic carboxylic acids is 1. The van der Waals surface area contributed by atoms with E-state index >= 15 is 0 Å². The second-order valence-corrected chi connectivity index (χ2v) is 9.60. The molecule has 8 nitrogen and oxygen atoms in total. The number of hydrogen-bond acceptors (Lipinski definition) is 5. The molecule has 0 spiro atoms. The molecule has 0 saturated heterocycles. The normalized spacial score (nSPS) is 15.8. The minimum Gasteiger partial charge on any atom is -0.481 e. The molecule has 9 heteroatoms. The number of carbonyl (C=O) groups is 1. The summed E-state index contributed by atoms with van der Waals surface area (Å²) < 4.78 is 30.2. The number of hydrogen-bond donors (Lipinski definition) is 1. The first-order valence-corrected chi connectivity index (χ1v) is 11.4. The third-order valence-electron chi connectivity index (χ3n) is 5.81. The molecule has 0 amide bonds. The zero-order valence-corrected chi connectivity index (χ0v) is 18.4. The Morgan fingerprint density at radius 1 is 1.23 bits per heavy atom. The van der Waals surface area contributed by atoms with Crippen LogP contribution in [0.3, 0.4) is 0 Å². The Kier molecular flexibility index (Phi) is 5.30. The van der Waals surface area contributed by atoms with Crippen molar-refractivity contribution in [3.8, 4) is 11.1 Å². The highest BCUT2D eigenvalue weighted by Crippen LogP contribution is 2.44. The van der Waals surface area contributed by atoms with Gasteiger partial charge in [-0.2, -0.15) is 5.10 Å². The van der Waals surface area contributed by atoms with Gasteiger partial charge in [-0.3, -0.25) is 18.8 Å². The van der Waals surface area contributed by atoms with Crippen LogP contribution in [-0.2, 0) is 21.9 Å². The molecule has 4 rings (SSSR count). The van der Waals surface area contributed by atoms with E-state index in [1.54, 1.807) is 44.0 Å². The molecule has 2 aromatic heterocycles. The first kappa shape index (κ1) is 21.0.